The highest BCUT2D eigenvalue weighted by atomic mass is 35.5. The molecule has 174 valence electrons. The predicted octanol–water partition coefficient (Wildman–Crippen LogP) is 5.63. The second-order valence-corrected chi connectivity index (χ2v) is 10.6. The molecule has 1 aromatic carbocycles. The van der Waals surface area contributed by atoms with Gasteiger partial charge in [-0.25, -0.2) is 0 Å². The van der Waals surface area contributed by atoms with Crippen LogP contribution in [0.3, 0.4) is 0 Å². The minimum atomic E-state index is -0.414. The molecular formula is C26H41ClN2O2. The molecule has 2 fully saturated rings. The molecule has 0 radical (unpaired) electrons. The minimum absolute atomic E-state index is 0. The number of rotatable bonds is 5. The topological polar surface area (TPSA) is 32.8 Å². The summed E-state index contributed by atoms with van der Waals surface area (Å²) in [4.78, 5) is 18.2. The average molecular weight is 449 g/mol. The van der Waals surface area contributed by atoms with E-state index in [0.29, 0.717) is 17.7 Å². The monoisotopic (exact) mass is 448 g/mol. The van der Waals surface area contributed by atoms with Gasteiger partial charge in [0.15, 0.2) is 0 Å². The number of benzene rings is 1. The molecule has 0 unspecified atom stereocenters. The number of hydrogen-bond acceptors (Lipinski definition) is 3. The van der Waals surface area contributed by atoms with Crippen molar-refractivity contribution in [2.24, 2.45) is 0 Å². The number of fused-ring (bicyclic) bond motifs is 1. The first-order valence-corrected chi connectivity index (χ1v) is 12.1. The lowest BCUT2D eigenvalue weighted by Crippen LogP contribution is -2.56. The van der Waals surface area contributed by atoms with Crippen molar-refractivity contribution in [2.75, 3.05) is 24.6 Å². The normalized spacial score (nSPS) is 29.0. The Hall–Kier alpha value is -1.10. The average Bonchev–Trinajstić information content (AvgIpc) is 2.93. The van der Waals surface area contributed by atoms with Crippen LogP contribution in [0, 0.1) is 6.92 Å². The van der Waals surface area contributed by atoms with Crippen LogP contribution in [-0.2, 0) is 14.9 Å². The van der Waals surface area contributed by atoms with Gasteiger partial charge in [0.1, 0.15) is 0 Å². The molecular weight excluding hydrogens is 408 g/mol. The largest absolute Gasteiger partial charge is 0.378 e. The molecule has 5 heteroatoms. The molecule has 4 nitrogen and oxygen atoms in total. The van der Waals surface area contributed by atoms with Crippen molar-refractivity contribution in [2.45, 2.75) is 103 Å². The maximum Gasteiger partial charge on any atom is 0.237 e. The first-order valence-electron chi connectivity index (χ1n) is 12.1. The fraction of sp³-hybridized carbons (Fsp3) is 0.731. The van der Waals surface area contributed by atoms with Gasteiger partial charge in [-0.2, -0.15) is 0 Å². The van der Waals surface area contributed by atoms with Crippen molar-refractivity contribution in [3.05, 3.63) is 29.3 Å². The summed E-state index contributed by atoms with van der Waals surface area (Å²) < 4.78 is 6.01. The van der Waals surface area contributed by atoms with Crippen LogP contribution >= 0.6 is 12.4 Å². The lowest BCUT2D eigenvalue weighted by atomic mass is 9.79. The second kappa shape index (κ2) is 9.41. The van der Waals surface area contributed by atoms with Crippen LogP contribution in [0.15, 0.2) is 18.2 Å². The third kappa shape index (κ3) is 4.54. The number of carbonyl (C=O) groups is 1. The Kier molecular flexibility index (Phi) is 7.45. The minimum Gasteiger partial charge on any atom is -0.378 e. The fourth-order valence-corrected chi connectivity index (χ4v) is 5.90. The van der Waals surface area contributed by atoms with E-state index in [-0.39, 0.29) is 18.3 Å². The van der Waals surface area contributed by atoms with Crippen LogP contribution in [0.4, 0.5) is 5.69 Å². The molecule has 2 aliphatic heterocycles. The van der Waals surface area contributed by atoms with E-state index in [1.165, 1.54) is 36.8 Å². The van der Waals surface area contributed by atoms with Gasteiger partial charge in [0.2, 0.25) is 5.91 Å². The Morgan fingerprint density at radius 3 is 2.32 bits per heavy atom. The van der Waals surface area contributed by atoms with Gasteiger partial charge in [0, 0.05) is 37.0 Å². The van der Waals surface area contributed by atoms with E-state index in [1.807, 2.05) is 0 Å². The van der Waals surface area contributed by atoms with Crippen LogP contribution in [0.5, 0.6) is 0 Å². The van der Waals surface area contributed by atoms with Gasteiger partial charge >= 0.3 is 0 Å². The molecule has 0 atom stereocenters. The van der Waals surface area contributed by atoms with E-state index in [1.54, 1.807) is 0 Å². The van der Waals surface area contributed by atoms with Gasteiger partial charge in [-0.15, -0.1) is 12.4 Å². The quantitative estimate of drug-likeness (QED) is 0.584. The van der Waals surface area contributed by atoms with Gasteiger partial charge in [0.05, 0.1) is 11.5 Å². The number of halogens is 1. The highest BCUT2D eigenvalue weighted by Crippen LogP contribution is 2.45. The standard InChI is InChI=1S/C26H40N2O2.ClH/c1-6-17-30-21-9-13-26(5,14-10-21)27-15-11-20(12-16-27)28-23-18-19(2)7-8-22(23)25(3,4)24(28)29;/h7-8,18,20-21H,6,9-17H2,1-5H3;1H/t21-,26-;. The van der Waals surface area contributed by atoms with Gasteiger partial charge < -0.3 is 9.64 Å². The molecule has 2 heterocycles. The maximum atomic E-state index is 13.4. The summed E-state index contributed by atoms with van der Waals surface area (Å²) in [6.45, 7) is 14.0. The summed E-state index contributed by atoms with van der Waals surface area (Å²) >= 11 is 0. The van der Waals surface area contributed by atoms with Crippen LogP contribution in [0.1, 0.15) is 83.8 Å². The number of nitrogens with zero attached hydrogens (tertiary/aromatic N) is 2. The van der Waals surface area contributed by atoms with E-state index < -0.39 is 5.41 Å². The second-order valence-electron chi connectivity index (χ2n) is 10.6. The number of amides is 1. The van der Waals surface area contributed by atoms with E-state index in [0.717, 1.165) is 44.6 Å². The van der Waals surface area contributed by atoms with Crippen molar-refractivity contribution in [1.29, 1.82) is 0 Å². The number of piperidine rings is 1. The first kappa shape index (κ1) is 24.5. The molecule has 4 rings (SSSR count). The first-order chi connectivity index (χ1) is 14.3. The number of anilines is 1. The number of carbonyl (C=O) groups excluding carboxylic acids is 1. The van der Waals surface area contributed by atoms with E-state index >= 15 is 0 Å². The zero-order valence-corrected chi connectivity index (χ0v) is 20.9. The summed E-state index contributed by atoms with van der Waals surface area (Å²) in [6, 6.07) is 6.84. The number of hydrogen-bond donors (Lipinski definition) is 0. The van der Waals surface area contributed by atoms with E-state index in [2.05, 4.69) is 62.6 Å². The molecule has 1 saturated heterocycles. The third-order valence-electron chi connectivity index (χ3n) is 8.00. The summed E-state index contributed by atoms with van der Waals surface area (Å²) in [5.41, 5.74) is 3.46. The summed E-state index contributed by atoms with van der Waals surface area (Å²) in [7, 11) is 0. The molecule has 0 N–H and O–H groups in total. The molecule has 0 bridgehead atoms. The molecule has 0 spiro atoms. The Morgan fingerprint density at radius 2 is 1.71 bits per heavy atom. The molecule has 31 heavy (non-hydrogen) atoms. The van der Waals surface area contributed by atoms with Crippen molar-refractivity contribution in [3.8, 4) is 0 Å². The maximum absolute atomic E-state index is 13.4. The number of aryl methyl sites for hydroxylation is 1. The van der Waals surface area contributed by atoms with E-state index in [9.17, 15) is 4.79 Å². The number of ether oxygens (including phenoxy) is 1. The molecule has 1 aromatic rings. The molecule has 1 saturated carbocycles. The van der Waals surface area contributed by atoms with Crippen LogP contribution in [0.2, 0.25) is 0 Å². The van der Waals surface area contributed by atoms with Crippen LogP contribution in [0.25, 0.3) is 0 Å². The Bertz CT molecular complexity index is 778. The number of likely N-dealkylation sites (tertiary alicyclic amines) is 1. The van der Waals surface area contributed by atoms with Crippen molar-refractivity contribution < 1.29 is 9.53 Å². The molecule has 3 aliphatic rings. The van der Waals surface area contributed by atoms with Gasteiger partial charge in [-0.1, -0.05) is 19.1 Å². The van der Waals surface area contributed by atoms with Gasteiger partial charge in [-0.3, -0.25) is 9.69 Å². The molecule has 1 amide bonds. The van der Waals surface area contributed by atoms with Gasteiger partial charge in [0.25, 0.3) is 0 Å². The SMILES string of the molecule is CCCO[C@H]1CC[C@](C)(N2CCC(N3C(=O)C(C)(C)c4ccc(C)cc43)CC2)CC1.Cl. The lowest BCUT2D eigenvalue weighted by molar-refractivity contribution is -0.122. The van der Waals surface area contributed by atoms with Gasteiger partial charge in [-0.05, 0) is 89.8 Å². The molecule has 1 aliphatic carbocycles. The predicted molar refractivity (Wildman–Crippen MR) is 130 cm³/mol. The highest BCUT2D eigenvalue weighted by molar-refractivity contribution is 6.08. The molecule has 0 aromatic heterocycles. The van der Waals surface area contributed by atoms with Crippen molar-refractivity contribution in [1.82, 2.24) is 4.90 Å². The Balaban J connectivity index is 0.00000272. The Morgan fingerprint density at radius 1 is 1.06 bits per heavy atom. The van der Waals surface area contributed by atoms with Crippen molar-refractivity contribution >= 4 is 24.0 Å². The van der Waals surface area contributed by atoms with Crippen LogP contribution in [-0.4, -0.2) is 48.2 Å². The Labute approximate surface area is 195 Å². The fourth-order valence-electron chi connectivity index (χ4n) is 5.90. The smallest absolute Gasteiger partial charge is 0.237 e. The highest BCUT2D eigenvalue weighted by Gasteiger charge is 2.47. The van der Waals surface area contributed by atoms with Crippen molar-refractivity contribution in [3.63, 3.8) is 0 Å². The summed E-state index contributed by atoms with van der Waals surface area (Å²) in [5, 5.41) is 0. The van der Waals surface area contributed by atoms with E-state index in [4.69, 9.17) is 4.74 Å². The third-order valence-corrected chi connectivity index (χ3v) is 8.00. The van der Waals surface area contributed by atoms with Crippen LogP contribution < -0.4 is 4.90 Å². The summed E-state index contributed by atoms with van der Waals surface area (Å²) in [5.74, 6) is 0.279. The summed E-state index contributed by atoms with van der Waals surface area (Å²) in [6.07, 6.45) is 8.52. The zero-order valence-electron chi connectivity index (χ0n) is 20.1. The lowest BCUT2D eigenvalue weighted by Gasteiger charge is -2.49. The zero-order chi connectivity index (χ0) is 21.5.